The molecule has 1 fully saturated rings. The van der Waals surface area contributed by atoms with Crippen LogP contribution in [0.5, 0.6) is 0 Å². The van der Waals surface area contributed by atoms with E-state index in [4.69, 9.17) is 0 Å². The molecule has 0 bridgehead atoms. The zero-order valence-electron chi connectivity index (χ0n) is 17.1. The number of amides is 1. The number of hydrogen-bond donors (Lipinski definition) is 0. The van der Waals surface area contributed by atoms with Gasteiger partial charge in [-0.2, -0.15) is 18.3 Å². The number of likely N-dealkylation sites (tertiary alicyclic amines) is 1. The minimum atomic E-state index is -4.64. The Morgan fingerprint density at radius 1 is 1.16 bits per heavy atom. The molecule has 32 heavy (non-hydrogen) atoms. The molecule has 9 heteroatoms. The topological polar surface area (TPSA) is 50.5 Å². The largest absolute Gasteiger partial charge is 0.433 e. The maximum atomic E-state index is 13.8. The van der Waals surface area contributed by atoms with Crippen LogP contribution in [0, 0.1) is 6.92 Å². The Hall–Kier alpha value is -3.20. The lowest BCUT2D eigenvalue weighted by molar-refractivity contribution is -0.142. The maximum absolute atomic E-state index is 13.8. The Kier molecular flexibility index (Phi) is 5.00. The lowest BCUT2D eigenvalue weighted by atomic mass is 10.0. The average molecular weight is 456 g/mol. The van der Waals surface area contributed by atoms with Gasteiger partial charge in [-0.15, -0.1) is 11.3 Å². The summed E-state index contributed by atoms with van der Waals surface area (Å²) >= 11 is 1.30. The molecular weight excluding hydrogens is 437 g/mol. The summed E-state index contributed by atoms with van der Waals surface area (Å²) in [6, 6.07) is 13.6. The number of rotatable bonds is 3. The number of carbonyl (C=O) groups excluding carboxylic acids is 1. The van der Waals surface area contributed by atoms with Crippen molar-refractivity contribution in [3.05, 3.63) is 76.4 Å². The highest BCUT2D eigenvalue weighted by Gasteiger charge is 2.37. The molecule has 4 aromatic rings. The highest BCUT2D eigenvalue weighted by Crippen LogP contribution is 2.35. The number of carbonyl (C=O) groups is 1. The summed E-state index contributed by atoms with van der Waals surface area (Å²) in [6.45, 7) is 2.53. The molecule has 164 valence electrons. The van der Waals surface area contributed by atoms with Crippen LogP contribution in [0.15, 0.2) is 53.9 Å². The second kappa shape index (κ2) is 7.74. The summed E-state index contributed by atoms with van der Waals surface area (Å²) in [5, 5.41) is 5.81. The first kappa shape index (κ1) is 20.7. The summed E-state index contributed by atoms with van der Waals surface area (Å²) < 4.78 is 42.1. The van der Waals surface area contributed by atoms with Gasteiger partial charge in [0.25, 0.3) is 5.91 Å². The van der Waals surface area contributed by atoms with Crippen LogP contribution in [0.3, 0.4) is 0 Å². The summed E-state index contributed by atoms with van der Waals surface area (Å²) in [5.41, 5.74) is 1.35. The second-order valence-electron chi connectivity index (χ2n) is 7.87. The molecule has 1 aromatic carbocycles. The summed E-state index contributed by atoms with van der Waals surface area (Å²) in [6.07, 6.45) is -3.01. The van der Waals surface area contributed by atoms with Crippen molar-refractivity contribution in [1.82, 2.24) is 19.5 Å². The normalized spacial score (nSPS) is 16.8. The van der Waals surface area contributed by atoms with E-state index in [0.717, 1.165) is 34.6 Å². The van der Waals surface area contributed by atoms with Crippen molar-refractivity contribution in [2.24, 2.45) is 0 Å². The van der Waals surface area contributed by atoms with Crippen LogP contribution in [0.1, 0.15) is 46.2 Å². The van der Waals surface area contributed by atoms with Crippen LogP contribution in [0.25, 0.3) is 16.2 Å². The first-order chi connectivity index (χ1) is 15.3. The van der Waals surface area contributed by atoms with Gasteiger partial charge in [-0.25, -0.2) is 9.50 Å². The van der Waals surface area contributed by atoms with E-state index in [1.54, 1.807) is 22.4 Å². The fourth-order valence-electron chi connectivity index (χ4n) is 4.12. The van der Waals surface area contributed by atoms with Gasteiger partial charge >= 0.3 is 6.18 Å². The molecule has 1 aliphatic heterocycles. The molecule has 0 radical (unpaired) electrons. The van der Waals surface area contributed by atoms with Gasteiger partial charge in [0.15, 0.2) is 17.0 Å². The first-order valence-corrected chi connectivity index (χ1v) is 11.1. The molecule has 4 heterocycles. The molecule has 5 rings (SSSR count). The molecule has 1 aliphatic rings. The van der Waals surface area contributed by atoms with E-state index < -0.39 is 11.9 Å². The third kappa shape index (κ3) is 3.66. The Labute approximate surface area is 186 Å². The number of benzene rings is 1. The fraction of sp³-hybridized carbons (Fsp3) is 0.261. The van der Waals surface area contributed by atoms with Gasteiger partial charge in [-0.3, -0.25) is 4.79 Å². The number of halogens is 3. The van der Waals surface area contributed by atoms with E-state index in [0.29, 0.717) is 11.4 Å². The zero-order valence-corrected chi connectivity index (χ0v) is 18.0. The SMILES string of the molecule is Cc1ccc([C@@H]2CCCN2C(=O)c2cc3nc(-c4cccs4)cc(C(F)(F)F)n3n2)cc1. The predicted molar refractivity (Wildman–Crippen MR) is 115 cm³/mol. The molecule has 0 aliphatic carbocycles. The van der Waals surface area contributed by atoms with Crippen molar-refractivity contribution in [1.29, 1.82) is 0 Å². The predicted octanol–water partition coefficient (Wildman–Crippen LogP) is 5.76. The lowest BCUT2D eigenvalue weighted by Gasteiger charge is -2.24. The molecule has 1 atom stereocenters. The fourth-order valence-corrected chi connectivity index (χ4v) is 4.81. The molecule has 0 saturated carbocycles. The molecule has 0 spiro atoms. The van der Waals surface area contributed by atoms with Crippen molar-refractivity contribution < 1.29 is 18.0 Å². The van der Waals surface area contributed by atoms with Gasteiger partial charge in [0, 0.05) is 12.6 Å². The standard InChI is InChI=1S/C23H19F3N4OS/c1-14-6-8-15(9-7-14)18-4-2-10-29(18)22(31)17-13-21-27-16(19-5-3-11-32-19)12-20(23(24,25)26)30(21)28-17/h3,5-9,11-13,18H,2,4,10H2,1H3/t18-/m0/s1. The Bertz CT molecular complexity index is 1280. The lowest BCUT2D eigenvalue weighted by Crippen LogP contribution is -2.31. The van der Waals surface area contributed by atoms with E-state index in [1.807, 2.05) is 31.2 Å². The van der Waals surface area contributed by atoms with Crippen LogP contribution in [-0.4, -0.2) is 31.9 Å². The van der Waals surface area contributed by atoms with Gasteiger partial charge in [0.2, 0.25) is 0 Å². The monoisotopic (exact) mass is 456 g/mol. The highest BCUT2D eigenvalue weighted by atomic mass is 32.1. The first-order valence-electron chi connectivity index (χ1n) is 10.2. The van der Waals surface area contributed by atoms with Crippen molar-refractivity contribution in [2.45, 2.75) is 32.0 Å². The van der Waals surface area contributed by atoms with Gasteiger partial charge < -0.3 is 4.90 Å². The minimum Gasteiger partial charge on any atom is -0.330 e. The van der Waals surface area contributed by atoms with Crippen molar-refractivity contribution in [3.8, 4) is 10.6 Å². The van der Waals surface area contributed by atoms with Gasteiger partial charge in [0.05, 0.1) is 16.6 Å². The number of thiophene rings is 1. The number of fused-ring (bicyclic) bond motifs is 1. The number of hydrogen-bond acceptors (Lipinski definition) is 4. The molecule has 1 amide bonds. The zero-order chi connectivity index (χ0) is 22.5. The smallest absolute Gasteiger partial charge is 0.330 e. The van der Waals surface area contributed by atoms with Crippen LogP contribution in [-0.2, 0) is 6.18 Å². The second-order valence-corrected chi connectivity index (χ2v) is 8.82. The Balaban J connectivity index is 1.55. The molecule has 0 unspecified atom stereocenters. The van der Waals surface area contributed by atoms with Crippen LogP contribution in [0.4, 0.5) is 13.2 Å². The summed E-state index contributed by atoms with van der Waals surface area (Å²) in [5.74, 6) is -0.385. The molecule has 3 aromatic heterocycles. The number of nitrogens with zero attached hydrogens (tertiary/aromatic N) is 4. The van der Waals surface area contributed by atoms with Gasteiger partial charge in [-0.05, 0) is 42.8 Å². The molecule has 5 nitrogen and oxygen atoms in total. The maximum Gasteiger partial charge on any atom is 0.433 e. The van der Waals surface area contributed by atoms with Crippen molar-refractivity contribution in [2.75, 3.05) is 6.54 Å². The molecular formula is C23H19F3N4OS. The number of alkyl halides is 3. The number of aryl methyl sites for hydroxylation is 1. The van der Waals surface area contributed by atoms with Crippen LogP contribution >= 0.6 is 11.3 Å². The molecule has 1 saturated heterocycles. The Morgan fingerprint density at radius 3 is 2.62 bits per heavy atom. The summed E-state index contributed by atoms with van der Waals surface area (Å²) in [4.78, 5) is 19.9. The van der Waals surface area contributed by atoms with E-state index in [-0.39, 0.29) is 29.0 Å². The van der Waals surface area contributed by atoms with E-state index in [9.17, 15) is 18.0 Å². The minimum absolute atomic E-state index is 0.00217. The third-order valence-corrected chi connectivity index (χ3v) is 6.58. The van der Waals surface area contributed by atoms with E-state index in [1.165, 1.54) is 17.4 Å². The summed E-state index contributed by atoms with van der Waals surface area (Å²) in [7, 11) is 0. The van der Waals surface area contributed by atoms with Crippen LogP contribution in [0.2, 0.25) is 0 Å². The van der Waals surface area contributed by atoms with E-state index in [2.05, 4.69) is 10.1 Å². The number of aromatic nitrogens is 3. The van der Waals surface area contributed by atoms with Gasteiger partial charge in [0.1, 0.15) is 0 Å². The average Bonchev–Trinajstić information content (AvgIpc) is 3.52. The van der Waals surface area contributed by atoms with Crippen molar-refractivity contribution in [3.63, 3.8) is 0 Å². The Morgan fingerprint density at radius 2 is 1.94 bits per heavy atom. The van der Waals surface area contributed by atoms with Gasteiger partial charge in [-0.1, -0.05) is 35.9 Å². The highest BCUT2D eigenvalue weighted by molar-refractivity contribution is 7.13. The van der Waals surface area contributed by atoms with Crippen LogP contribution < -0.4 is 0 Å². The quantitative estimate of drug-likeness (QED) is 0.394. The van der Waals surface area contributed by atoms with E-state index >= 15 is 0 Å². The van der Waals surface area contributed by atoms with Crippen molar-refractivity contribution >= 4 is 22.9 Å². The molecule has 0 N–H and O–H groups in total. The third-order valence-electron chi connectivity index (χ3n) is 5.69.